The number of H-pyrrole nitrogens is 1. The summed E-state index contributed by atoms with van der Waals surface area (Å²) < 4.78 is 82.8. The first-order valence-corrected chi connectivity index (χ1v) is 19.3. The smallest absolute Gasteiger partial charge is 0.389 e. The molecule has 0 bridgehead atoms. The van der Waals surface area contributed by atoms with E-state index in [4.69, 9.17) is 4.74 Å². The van der Waals surface area contributed by atoms with Crippen molar-refractivity contribution >= 4 is 22.9 Å². The minimum Gasteiger partial charge on any atom is -0.480 e. The van der Waals surface area contributed by atoms with Crippen LogP contribution in [0.3, 0.4) is 0 Å². The average molecular weight is 867 g/mol. The number of benzene rings is 2. The van der Waals surface area contributed by atoms with Crippen molar-refractivity contribution in [2.24, 2.45) is 0 Å². The number of hydrogen-bond acceptors (Lipinski definition) is 9. The van der Waals surface area contributed by atoms with E-state index in [2.05, 4.69) is 30.4 Å². The van der Waals surface area contributed by atoms with Gasteiger partial charge in [-0.05, 0) is 59.7 Å². The minimum atomic E-state index is -4.34. The summed E-state index contributed by atoms with van der Waals surface area (Å²) in [5, 5.41) is 14.5. The zero-order chi connectivity index (χ0) is 44.7. The number of halogens is 6. The highest BCUT2D eigenvalue weighted by molar-refractivity contribution is 5.82. The van der Waals surface area contributed by atoms with Gasteiger partial charge >= 0.3 is 12.4 Å². The molecule has 0 spiro atoms. The zero-order valence-electron chi connectivity index (χ0n) is 33.3. The molecule has 18 heteroatoms. The van der Waals surface area contributed by atoms with Crippen LogP contribution in [0, 0.1) is 0 Å². The standard InChI is InChI=1S/C23H19F3N4O2.C22H17F3N4O2/c1-32-22-6-5-19(28-29-22)16-8-10-30-20(14-27-21(30)13-16)17-4-2-3-15(11-17)12-18(31)7-9-23(24,25)26;23-22(24,25)8-6-17(30)11-14-2-1-3-16(10-14)19-13-26-20-12-15(7-9-29(19)20)18-4-5-21(31)28-27-18/h2-6,8,10-11,13-14H,7,9,12H2,1H3;1-5,7,9-10,12-13H,6,8,11H2,(H,28,31). The predicted molar refractivity (Wildman–Crippen MR) is 221 cm³/mol. The molecule has 322 valence electrons. The number of rotatable bonds is 13. The van der Waals surface area contributed by atoms with E-state index in [9.17, 15) is 40.7 Å². The van der Waals surface area contributed by atoms with Crippen LogP contribution in [-0.2, 0) is 22.4 Å². The van der Waals surface area contributed by atoms with Gasteiger partial charge in [0, 0.05) is 72.5 Å². The number of Topliss-reactive ketones (excluding diaryl/α,β-unsaturated/α-hetero) is 2. The third-order valence-corrected chi connectivity index (χ3v) is 9.77. The Morgan fingerprint density at radius 3 is 1.57 bits per heavy atom. The summed E-state index contributed by atoms with van der Waals surface area (Å²) in [5.74, 6) is -0.469. The maximum Gasteiger partial charge on any atom is 0.389 e. The van der Waals surface area contributed by atoms with E-state index < -0.39 is 49.6 Å². The van der Waals surface area contributed by atoms with Gasteiger partial charge in [0.1, 0.15) is 22.9 Å². The van der Waals surface area contributed by atoms with Gasteiger partial charge in [-0.1, -0.05) is 36.4 Å². The van der Waals surface area contributed by atoms with E-state index in [1.54, 1.807) is 67.0 Å². The number of alkyl halides is 6. The molecule has 0 aliphatic rings. The fraction of sp³-hybridized carbons (Fsp3) is 0.200. The first kappa shape index (κ1) is 43.6. The van der Waals surface area contributed by atoms with E-state index in [0.717, 1.165) is 33.6 Å². The highest BCUT2D eigenvalue weighted by atomic mass is 19.4. The van der Waals surface area contributed by atoms with Gasteiger partial charge in [0.15, 0.2) is 0 Å². The molecule has 0 aliphatic heterocycles. The number of methoxy groups -OCH3 is 1. The van der Waals surface area contributed by atoms with Crippen molar-refractivity contribution in [3.05, 3.63) is 143 Å². The maximum atomic E-state index is 12.3. The number of aromatic nitrogens is 8. The molecule has 0 amide bonds. The number of carbonyl (C=O) groups excluding carboxylic acids is 2. The molecule has 0 fully saturated rings. The second-order valence-corrected chi connectivity index (χ2v) is 14.4. The summed E-state index contributed by atoms with van der Waals surface area (Å²) in [6.45, 7) is 0. The number of aromatic amines is 1. The van der Waals surface area contributed by atoms with Crippen molar-refractivity contribution in [1.82, 2.24) is 39.2 Å². The Morgan fingerprint density at radius 2 is 1.13 bits per heavy atom. The second kappa shape index (κ2) is 18.6. The molecular weight excluding hydrogens is 831 g/mol. The fourth-order valence-electron chi connectivity index (χ4n) is 6.67. The summed E-state index contributed by atoms with van der Waals surface area (Å²) in [5.41, 5.74) is 8.47. The van der Waals surface area contributed by atoms with Crippen LogP contribution in [0.1, 0.15) is 36.8 Å². The minimum absolute atomic E-state index is 0.0407. The maximum absolute atomic E-state index is 12.3. The van der Waals surface area contributed by atoms with Crippen LogP contribution in [0.4, 0.5) is 26.3 Å². The highest BCUT2D eigenvalue weighted by Crippen LogP contribution is 2.28. The SMILES string of the molecule is COc1ccc(-c2ccn3c(-c4cccc(CC(=O)CCC(F)(F)F)c4)cnc3c2)nn1.O=C(CCC(F)(F)F)Cc1cccc(-c2cnc3cc(-c4ccc(=O)[nH]n4)ccn23)c1. The number of ketones is 2. The number of hydrogen-bond donors (Lipinski definition) is 1. The monoisotopic (exact) mass is 866 g/mol. The van der Waals surface area contributed by atoms with Crippen LogP contribution < -0.4 is 10.3 Å². The summed E-state index contributed by atoms with van der Waals surface area (Å²) >= 11 is 0. The van der Waals surface area contributed by atoms with Crippen LogP contribution in [0.2, 0.25) is 0 Å². The van der Waals surface area contributed by atoms with Crippen LogP contribution in [0.15, 0.2) is 127 Å². The Balaban J connectivity index is 0.000000189. The summed E-state index contributed by atoms with van der Waals surface area (Å²) in [7, 11) is 1.52. The fourth-order valence-corrected chi connectivity index (χ4v) is 6.67. The summed E-state index contributed by atoms with van der Waals surface area (Å²) in [6, 6.07) is 28.3. The van der Waals surface area contributed by atoms with E-state index in [0.29, 0.717) is 39.7 Å². The van der Waals surface area contributed by atoms with E-state index in [1.165, 1.54) is 13.2 Å². The molecule has 0 saturated carbocycles. The molecule has 8 aromatic rings. The Morgan fingerprint density at radius 1 is 0.619 bits per heavy atom. The molecule has 2 aromatic carbocycles. The van der Waals surface area contributed by atoms with Crippen molar-refractivity contribution in [1.29, 1.82) is 0 Å². The number of nitrogens with one attached hydrogen (secondary N) is 1. The van der Waals surface area contributed by atoms with Gasteiger partial charge in [-0.25, -0.2) is 15.1 Å². The lowest BCUT2D eigenvalue weighted by atomic mass is 10.0. The van der Waals surface area contributed by atoms with Crippen LogP contribution in [0.25, 0.3) is 56.3 Å². The highest BCUT2D eigenvalue weighted by Gasteiger charge is 2.28. The van der Waals surface area contributed by atoms with Gasteiger partial charge in [0.2, 0.25) is 5.88 Å². The van der Waals surface area contributed by atoms with Crippen molar-refractivity contribution in [3.8, 4) is 50.9 Å². The first-order valence-electron chi connectivity index (χ1n) is 19.3. The van der Waals surface area contributed by atoms with Gasteiger partial charge in [0.05, 0.1) is 55.1 Å². The molecule has 0 radical (unpaired) electrons. The lowest BCUT2D eigenvalue weighted by Gasteiger charge is -2.08. The number of nitrogens with zero attached hydrogens (tertiary/aromatic N) is 7. The molecule has 1 N–H and O–H groups in total. The van der Waals surface area contributed by atoms with Gasteiger partial charge in [-0.3, -0.25) is 23.2 Å². The second-order valence-electron chi connectivity index (χ2n) is 14.4. The quantitative estimate of drug-likeness (QED) is 0.112. The molecule has 8 rings (SSSR count). The van der Waals surface area contributed by atoms with Crippen LogP contribution in [0.5, 0.6) is 5.88 Å². The number of pyridine rings is 2. The molecule has 0 saturated heterocycles. The van der Waals surface area contributed by atoms with Crippen LogP contribution in [-0.4, -0.2) is 70.2 Å². The predicted octanol–water partition coefficient (Wildman–Crippen LogP) is 9.13. The van der Waals surface area contributed by atoms with Crippen molar-refractivity contribution in [2.45, 2.75) is 50.9 Å². The van der Waals surface area contributed by atoms with Crippen LogP contribution >= 0.6 is 0 Å². The molecule has 0 unspecified atom stereocenters. The average Bonchev–Trinajstić information content (AvgIpc) is 3.89. The largest absolute Gasteiger partial charge is 0.480 e. The van der Waals surface area contributed by atoms with E-state index >= 15 is 0 Å². The molecule has 0 aliphatic carbocycles. The lowest BCUT2D eigenvalue weighted by molar-refractivity contribution is -0.143. The van der Waals surface area contributed by atoms with Crippen molar-refractivity contribution < 1.29 is 40.7 Å². The zero-order valence-corrected chi connectivity index (χ0v) is 33.3. The normalized spacial score (nSPS) is 11.7. The Bertz CT molecular complexity index is 2940. The molecule has 63 heavy (non-hydrogen) atoms. The van der Waals surface area contributed by atoms with E-state index in [-0.39, 0.29) is 18.4 Å². The van der Waals surface area contributed by atoms with Gasteiger partial charge in [0.25, 0.3) is 5.56 Å². The lowest BCUT2D eigenvalue weighted by Crippen LogP contribution is -2.12. The van der Waals surface area contributed by atoms with Gasteiger partial charge < -0.3 is 4.74 Å². The Kier molecular flexibility index (Phi) is 12.9. The molecule has 0 atom stereocenters. The molecule has 12 nitrogen and oxygen atoms in total. The third-order valence-electron chi connectivity index (χ3n) is 9.77. The number of carbonyl (C=O) groups is 2. The number of fused-ring (bicyclic) bond motifs is 2. The number of imidazole rings is 2. The molecule has 6 aromatic heterocycles. The Hall–Kier alpha value is -7.50. The summed E-state index contributed by atoms with van der Waals surface area (Å²) in [6.07, 6.45) is -4.92. The van der Waals surface area contributed by atoms with Gasteiger partial charge in [-0.2, -0.15) is 31.4 Å². The van der Waals surface area contributed by atoms with Crippen molar-refractivity contribution in [3.63, 3.8) is 0 Å². The molecule has 6 heterocycles. The topological polar surface area (TPSA) is 149 Å². The molecular formula is C45H36F6N8O4. The van der Waals surface area contributed by atoms with E-state index in [1.807, 2.05) is 57.6 Å². The number of ether oxygens (including phenoxy) is 1. The van der Waals surface area contributed by atoms with Crippen molar-refractivity contribution in [2.75, 3.05) is 7.11 Å². The first-order chi connectivity index (χ1) is 30.1. The van der Waals surface area contributed by atoms with Gasteiger partial charge in [-0.15, -0.1) is 10.2 Å². The summed E-state index contributed by atoms with van der Waals surface area (Å²) in [4.78, 5) is 43.9. The Labute approximate surface area is 354 Å². The third kappa shape index (κ3) is 11.5.